The SMILES string of the molecule is COCCOC(=O)c1sc2nc(CN3CCCN(c4ccc(C#N)cc4)CC3)[nH]c(=O)c2c1C. The van der Waals surface area contributed by atoms with Crippen LogP contribution >= 0.6 is 11.3 Å². The third kappa shape index (κ3) is 5.28. The van der Waals surface area contributed by atoms with Gasteiger partial charge >= 0.3 is 5.97 Å². The number of methoxy groups -OCH3 is 1. The Morgan fingerprint density at radius 2 is 2.00 bits per heavy atom. The molecule has 0 spiro atoms. The highest BCUT2D eigenvalue weighted by atomic mass is 32.1. The molecule has 3 heterocycles. The van der Waals surface area contributed by atoms with Gasteiger partial charge in [0.05, 0.1) is 30.2 Å². The van der Waals surface area contributed by atoms with Crippen LogP contribution in [-0.2, 0) is 16.0 Å². The number of hydrogen-bond donors (Lipinski definition) is 1. The Hall–Kier alpha value is -3.26. The fraction of sp³-hybridized carbons (Fsp3) is 0.417. The number of aromatic amines is 1. The average molecular weight is 482 g/mol. The number of carbonyl (C=O) groups excluding carboxylic acids is 1. The fourth-order valence-electron chi connectivity index (χ4n) is 4.09. The minimum atomic E-state index is -0.464. The van der Waals surface area contributed by atoms with Crippen molar-refractivity contribution in [1.29, 1.82) is 5.26 Å². The molecule has 9 nitrogen and oxygen atoms in total. The lowest BCUT2D eigenvalue weighted by molar-refractivity contribution is 0.0393. The summed E-state index contributed by atoms with van der Waals surface area (Å²) < 4.78 is 10.1. The van der Waals surface area contributed by atoms with Crippen molar-refractivity contribution in [2.24, 2.45) is 0 Å². The van der Waals surface area contributed by atoms with Crippen molar-refractivity contribution in [3.63, 3.8) is 0 Å². The molecule has 0 radical (unpaired) electrons. The molecule has 34 heavy (non-hydrogen) atoms. The molecule has 1 saturated heterocycles. The zero-order valence-electron chi connectivity index (χ0n) is 19.3. The van der Waals surface area contributed by atoms with Crippen LogP contribution in [-0.4, -0.2) is 67.3 Å². The van der Waals surface area contributed by atoms with Crippen molar-refractivity contribution >= 4 is 33.2 Å². The standard InChI is InChI=1S/C24H27N5O4S/c1-16-20-22(30)26-19(27-23(20)34-21(16)24(31)33-13-12-32-2)15-28-8-3-9-29(11-10-28)18-6-4-17(14-25)5-7-18/h4-7H,3,8-13,15H2,1-2H3,(H,26,27,30). The van der Waals surface area contributed by atoms with E-state index >= 15 is 0 Å². The molecule has 3 aromatic rings. The van der Waals surface area contributed by atoms with Crippen molar-refractivity contribution in [3.8, 4) is 6.07 Å². The van der Waals surface area contributed by atoms with Gasteiger partial charge in [0.2, 0.25) is 0 Å². The van der Waals surface area contributed by atoms with Crippen molar-refractivity contribution in [3.05, 3.63) is 56.4 Å². The predicted molar refractivity (Wildman–Crippen MR) is 130 cm³/mol. The van der Waals surface area contributed by atoms with Crippen molar-refractivity contribution in [2.45, 2.75) is 19.9 Å². The molecule has 0 unspecified atom stereocenters. The Balaban J connectivity index is 1.46. The van der Waals surface area contributed by atoms with Gasteiger partial charge in [-0.2, -0.15) is 5.26 Å². The fourth-order valence-corrected chi connectivity index (χ4v) is 5.18. The Morgan fingerprint density at radius 1 is 1.21 bits per heavy atom. The number of carbonyl (C=O) groups is 1. The van der Waals surface area contributed by atoms with Gasteiger partial charge in [-0.25, -0.2) is 9.78 Å². The number of fused-ring (bicyclic) bond motifs is 1. The van der Waals surface area contributed by atoms with E-state index in [0.29, 0.717) is 45.2 Å². The van der Waals surface area contributed by atoms with Gasteiger partial charge in [0.1, 0.15) is 22.1 Å². The smallest absolute Gasteiger partial charge is 0.348 e. The first-order chi connectivity index (χ1) is 16.5. The number of nitrogens with zero attached hydrogens (tertiary/aromatic N) is 4. The van der Waals surface area contributed by atoms with E-state index in [1.165, 1.54) is 11.3 Å². The van der Waals surface area contributed by atoms with Crippen molar-refractivity contribution in [1.82, 2.24) is 14.9 Å². The minimum Gasteiger partial charge on any atom is -0.459 e. The molecule has 0 aliphatic carbocycles. The first kappa shape index (κ1) is 23.9. The number of aromatic nitrogens is 2. The van der Waals surface area contributed by atoms with E-state index in [-0.39, 0.29) is 12.2 Å². The summed E-state index contributed by atoms with van der Waals surface area (Å²) >= 11 is 1.19. The number of rotatable bonds is 7. The third-order valence-electron chi connectivity index (χ3n) is 5.88. The van der Waals surface area contributed by atoms with E-state index in [2.05, 4.69) is 25.8 Å². The van der Waals surface area contributed by atoms with Crippen LogP contribution < -0.4 is 10.5 Å². The molecule has 0 amide bonds. The monoisotopic (exact) mass is 481 g/mol. The van der Waals surface area contributed by atoms with Crippen LogP contribution in [0.4, 0.5) is 5.69 Å². The largest absolute Gasteiger partial charge is 0.459 e. The van der Waals surface area contributed by atoms with Gasteiger partial charge in [0.15, 0.2) is 0 Å². The lowest BCUT2D eigenvalue weighted by atomic mass is 10.2. The second-order valence-electron chi connectivity index (χ2n) is 8.15. The summed E-state index contributed by atoms with van der Waals surface area (Å²) in [6.45, 7) is 6.21. The molecule has 2 aromatic heterocycles. The molecule has 0 atom stereocenters. The van der Waals surface area contributed by atoms with Crippen molar-refractivity contribution < 1.29 is 14.3 Å². The third-order valence-corrected chi connectivity index (χ3v) is 7.04. The Bertz CT molecular complexity index is 1260. The quantitative estimate of drug-likeness (QED) is 0.405. The number of thiophene rings is 1. The number of hydrogen-bond acceptors (Lipinski definition) is 9. The predicted octanol–water partition coefficient (Wildman–Crippen LogP) is 2.68. The van der Waals surface area contributed by atoms with Crippen LogP contribution in [0.2, 0.25) is 0 Å². The lowest BCUT2D eigenvalue weighted by Crippen LogP contribution is -2.31. The number of benzene rings is 1. The van der Waals surface area contributed by atoms with E-state index in [0.717, 1.165) is 38.3 Å². The number of nitrogens with one attached hydrogen (secondary N) is 1. The molecule has 1 aromatic carbocycles. The maximum absolute atomic E-state index is 12.8. The molecule has 1 aliphatic heterocycles. The van der Waals surface area contributed by atoms with Gasteiger partial charge in [-0.3, -0.25) is 9.69 Å². The lowest BCUT2D eigenvalue weighted by Gasteiger charge is -2.23. The Kier molecular flexibility index (Phi) is 7.57. The molecule has 0 bridgehead atoms. The number of ether oxygens (including phenoxy) is 2. The average Bonchev–Trinajstić information content (AvgIpc) is 3.01. The highest BCUT2D eigenvalue weighted by Gasteiger charge is 2.22. The Labute approximate surface area is 201 Å². The second-order valence-corrected chi connectivity index (χ2v) is 9.15. The summed E-state index contributed by atoms with van der Waals surface area (Å²) in [4.78, 5) is 38.3. The summed E-state index contributed by atoms with van der Waals surface area (Å²) in [6, 6.07) is 9.80. The molecular formula is C24H27N5O4S. The summed E-state index contributed by atoms with van der Waals surface area (Å²) in [5.74, 6) is 0.124. The summed E-state index contributed by atoms with van der Waals surface area (Å²) in [6.07, 6.45) is 0.974. The highest BCUT2D eigenvalue weighted by Crippen LogP contribution is 2.28. The summed E-state index contributed by atoms with van der Waals surface area (Å²) in [5, 5.41) is 9.44. The van der Waals surface area contributed by atoms with Crippen LogP contribution in [0.3, 0.4) is 0 Å². The van der Waals surface area contributed by atoms with Gasteiger partial charge in [-0.1, -0.05) is 0 Å². The number of H-pyrrole nitrogens is 1. The summed E-state index contributed by atoms with van der Waals surface area (Å²) in [5.41, 5.74) is 2.11. The van der Waals surface area contributed by atoms with Gasteiger partial charge in [0.25, 0.3) is 5.56 Å². The number of nitriles is 1. The normalized spacial score (nSPS) is 14.7. The number of anilines is 1. The van der Waals surface area contributed by atoms with E-state index in [4.69, 9.17) is 14.7 Å². The van der Waals surface area contributed by atoms with Crippen LogP contribution in [0.5, 0.6) is 0 Å². The van der Waals surface area contributed by atoms with Gasteiger partial charge in [-0.05, 0) is 43.2 Å². The molecular weight excluding hydrogens is 454 g/mol. The molecule has 10 heteroatoms. The molecule has 4 rings (SSSR count). The summed E-state index contributed by atoms with van der Waals surface area (Å²) in [7, 11) is 1.54. The molecule has 1 N–H and O–H groups in total. The van der Waals surface area contributed by atoms with Crippen LogP contribution in [0.15, 0.2) is 29.1 Å². The van der Waals surface area contributed by atoms with Crippen molar-refractivity contribution in [2.75, 3.05) is 51.4 Å². The van der Waals surface area contributed by atoms with Gasteiger partial charge in [0, 0.05) is 39.0 Å². The van der Waals surface area contributed by atoms with E-state index in [9.17, 15) is 9.59 Å². The second kappa shape index (κ2) is 10.8. The van der Waals surface area contributed by atoms with Crippen LogP contribution in [0.1, 0.15) is 33.0 Å². The van der Waals surface area contributed by atoms with E-state index in [1.807, 2.05) is 24.3 Å². The first-order valence-corrected chi connectivity index (χ1v) is 12.0. The minimum absolute atomic E-state index is 0.159. The molecule has 178 valence electrons. The molecule has 0 saturated carbocycles. The number of esters is 1. The van der Waals surface area contributed by atoms with Crippen LogP contribution in [0, 0.1) is 18.3 Å². The maximum Gasteiger partial charge on any atom is 0.348 e. The first-order valence-electron chi connectivity index (χ1n) is 11.2. The van der Waals surface area contributed by atoms with Gasteiger partial charge < -0.3 is 19.4 Å². The molecule has 1 fully saturated rings. The van der Waals surface area contributed by atoms with Gasteiger partial charge in [-0.15, -0.1) is 11.3 Å². The Morgan fingerprint density at radius 3 is 2.74 bits per heavy atom. The van der Waals surface area contributed by atoms with E-state index < -0.39 is 5.97 Å². The van der Waals surface area contributed by atoms with E-state index in [1.54, 1.807) is 14.0 Å². The maximum atomic E-state index is 12.8. The number of aryl methyl sites for hydroxylation is 1. The zero-order valence-corrected chi connectivity index (χ0v) is 20.1. The topological polar surface area (TPSA) is 112 Å². The van der Waals surface area contributed by atoms with Crippen LogP contribution in [0.25, 0.3) is 10.2 Å². The highest BCUT2D eigenvalue weighted by molar-refractivity contribution is 7.20. The zero-order chi connectivity index (χ0) is 24.1. The molecule has 1 aliphatic rings.